The summed E-state index contributed by atoms with van der Waals surface area (Å²) in [4.78, 5) is 33.3. The third-order valence-electron chi connectivity index (χ3n) is 4.58. The lowest BCUT2D eigenvalue weighted by Gasteiger charge is -2.13. The third-order valence-corrected chi connectivity index (χ3v) is 4.58. The zero-order chi connectivity index (χ0) is 20.9. The summed E-state index contributed by atoms with van der Waals surface area (Å²) in [5, 5.41) is 4.62. The monoisotopic (exact) mass is 397 g/mol. The van der Waals surface area contributed by atoms with E-state index in [0.717, 1.165) is 21.8 Å². The number of benzene rings is 2. The van der Waals surface area contributed by atoms with Crippen molar-refractivity contribution in [1.82, 2.24) is 9.97 Å². The number of hydrogen-bond donors (Lipinski definition) is 1. The molecule has 6 nitrogen and oxygen atoms in total. The molecule has 0 fully saturated rings. The Bertz CT molecular complexity index is 1260. The number of nitrogens with zero attached hydrogens (tertiary/aromatic N) is 2. The van der Waals surface area contributed by atoms with Gasteiger partial charge < -0.3 is 10.1 Å². The maximum Gasteiger partial charge on any atom is 0.331 e. The van der Waals surface area contributed by atoms with Gasteiger partial charge in [0.1, 0.15) is 0 Å². The molecular formula is C24H19N3O3. The number of para-hydroxylation sites is 1. The Morgan fingerprint density at radius 1 is 0.967 bits per heavy atom. The fourth-order valence-electron chi connectivity index (χ4n) is 3.04. The van der Waals surface area contributed by atoms with Crippen molar-refractivity contribution >= 4 is 45.4 Å². The largest absolute Gasteiger partial charge is 0.449 e. The van der Waals surface area contributed by atoms with Crippen LogP contribution in [0.5, 0.6) is 0 Å². The average molecular weight is 397 g/mol. The number of hydrogen-bond acceptors (Lipinski definition) is 5. The van der Waals surface area contributed by atoms with Crippen LogP contribution in [0.25, 0.3) is 27.9 Å². The Hall–Kier alpha value is -4.06. The normalized spacial score (nSPS) is 12.2. The molecule has 2 aromatic heterocycles. The van der Waals surface area contributed by atoms with Gasteiger partial charge in [0.25, 0.3) is 5.91 Å². The predicted octanol–water partition coefficient (Wildman–Crippen LogP) is 4.37. The van der Waals surface area contributed by atoms with Crippen molar-refractivity contribution in [3.05, 3.63) is 84.7 Å². The summed E-state index contributed by atoms with van der Waals surface area (Å²) in [6.45, 7) is 1.53. The molecule has 1 amide bonds. The van der Waals surface area contributed by atoms with Crippen molar-refractivity contribution in [2.24, 2.45) is 0 Å². The fraction of sp³-hybridized carbons (Fsp3) is 0.0833. The first-order chi connectivity index (χ1) is 14.6. The van der Waals surface area contributed by atoms with E-state index in [1.165, 1.54) is 13.0 Å². The molecule has 30 heavy (non-hydrogen) atoms. The molecule has 6 heteroatoms. The number of carbonyl (C=O) groups is 2. The molecule has 0 saturated carbocycles. The third kappa shape index (κ3) is 4.33. The summed E-state index contributed by atoms with van der Waals surface area (Å²) < 4.78 is 5.22. The highest BCUT2D eigenvalue weighted by molar-refractivity contribution is 6.03. The van der Waals surface area contributed by atoms with Gasteiger partial charge in [0.2, 0.25) is 0 Å². The van der Waals surface area contributed by atoms with Gasteiger partial charge in [0.15, 0.2) is 6.10 Å². The Morgan fingerprint density at radius 2 is 1.80 bits per heavy atom. The quantitative estimate of drug-likeness (QED) is 0.400. The van der Waals surface area contributed by atoms with Gasteiger partial charge in [0, 0.05) is 23.0 Å². The number of carbonyl (C=O) groups excluding carboxylic acids is 2. The summed E-state index contributed by atoms with van der Waals surface area (Å²) in [5.41, 5.74) is 2.85. The second-order valence-corrected chi connectivity index (χ2v) is 6.71. The minimum atomic E-state index is -0.960. The zero-order valence-corrected chi connectivity index (χ0v) is 16.3. The van der Waals surface area contributed by atoms with Crippen molar-refractivity contribution in [3.8, 4) is 0 Å². The van der Waals surface area contributed by atoms with Crippen molar-refractivity contribution in [1.29, 1.82) is 0 Å². The smallest absolute Gasteiger partial charge is 0.331 e. The molecule has 4 aromatic rings. The molecule has 0 aliphatic carbocycles. The molecule has 2 aromatic carbocycles. The van der Waals surface area contributed by atoms with E-state index >= 15 is 0 Å². The van der Waals surface area contributed by atoms with Gasteiger partial charge in [-0.2, -0.15) is 0 Å². The van der Waals surface area contributed by atoms with Crippen molar-refractivity contribution < 1.29 is 14.3 Å². The van der Waals surface area contributed by atoms with E-state index < -0.39 is 18.0 Å². The molecule has 4 rings (SSSR count). The molecule has 0 bridgehead atoms. The van der Waals surface area contributed by atoms with Crippen LogP contribution in [0.4, 0.5) is 5.69 Å². The van der Waals surface area contributed by atoms with Gasteiger partial charge in [-0.05, 0) is 49.4 Å². The summed E-state index contributed by atoms with van der Waals surface area (Å²) in [5.74, 6) is -1.04. The Morgan fingerprint density at radius 3 is 2.70 bits per heavy atom. The Kier molecular flexibility index (Phi) is 5.48. The number of aromatic nitrogens is 2. The van der Waals surface area contributed by atoms with Crippen molar-refractivity contribution in [2.45, 2.75) is 13.0 Å². The van der Waals surface area contributed by atoms with E-state index in [2.05, 4.69) is 15.3 Å². The lowest BCUT2D eigenvalue weighted by Crippen LogP contribution is -2.29. The SMILES string of the molecule is CC(OC(=O)/C=C/c1ccc2ccccc2n1)C(=O)Nc1cccc2ncccc12. The highest BCUT2D eigenvalue weighted by Gasteiger charge is 2.17. The minimum Gasteiger partial charge on any atom is -0.449 e. The van der Waals surface area contributed by atoms with Gasteiger partial charge in [-0.1, -0.05) is 30.3 Å². The number of anilines is 1. The fourth-order valence-corrected chi connectivity index (χ4v) is 3.04. The van der Waals surface area contributed by atoms with E-state index in [1.807, 2.05) is 48.5 Å². The van der Waals surface area contributed by atoms with Gasteiger partial charge in [0.05, 0.1) is 22.4 Å². The zero-order valence-electron chi connectivity index (χ0n) is 16.3. The highest BCUT2D eigenvalue weighted by atomic mass is 16.5. The van der Waals surface area contributed by atoms with E-state index in [1.54, 1.807) is 30.5 Å². The van der Waals surface area contributed by atoms with Crippen LogP contribution in [-0.2, 0) is 14.3 Å². The molecule has 2 heterocycles. The van der Waals surface area contributed by atoms with Crippen LogP contribution < -0.4 is 5.32 Å². The van der Waals surface area contributed by atoms with E-state index in [0.29, 0.717) is 11.4 Å². The van der Waals surface area contributed by atoms with Gasteiger partial charge in [-0.25, -0.2) is 9.78 Å². The molecule has 1 N–H and O–H groups in total. The van der Waals surface area contributed by atoms with Crippen LogP contribution in [0.15, 0.2) is 79.0 Å². The van der Waals surface area contributed by atoms with Crippen LogP contribution >= 0.6 is 0 Å². The molecule has 0 radical (unpaired) electrons. The van der Waals surface area contributed by atoms with Crippen LogP contribution in [-0.4, -0.2) is 27.9 Å². The number of rotatable bonds is 5. The number of fused-ring (bicyclic) bond motifs is 2. The molecule has 0 spiro atoms. The van der Waals surface area contributed by atoms with Crippen molar-refractivity contribution in [2.75, 3.05) is 5.32 Å². The summed E-state index contributed by atoms with van der Waals surface area (Å²) in [7, 11) is 0. The van der Waals surface area contributed by atoms with Crippen LogP contribution in [0.2, 0.25) is 0 Å². The van der Waals surface area contributed by atoms with Crippen LogP contribution in [0.3, 0.4) is 0 Å². The summed E-state index contributed by atoms with van der Waals surface area (Å²) in [6.07, 6.45) is 3.56. The molecular weight excluding hydrogens is 378 g/mol. The first kappa shape index (κ1) is 19.3. The van der Waals surface area contributed by atoms with E-state index in [9.17, 15) is 9.59 Å². The van der Waals surface area contributed by atoms with Gasteiger partial charge >= 0.3 is 5.97 Å². The molecule has 148 valence electrons. The number of pyridine rings is 2. The Labute approximate surface area is 173 Å². The standard InChI is InChI=1S/C24H19N3O3/c1-16(24(29)27-22-10-4-9-21-19(22)7-5-15-25-21)30-23(28)14-13-18-12-11-17-6-2-3-8-20(17)26-18/h2-16H,1H3,(H,27,29)/b14-13+. The number of amides is 1. The highest BCUT2D eigenvalue weighted by Crippen LogP contribution is 2.21. The number of ether oxygens (including phenoxy) is 1. The maximum atomic E-state index is 12.5. The summed E-state index contributed by atoms with van der Waals surface area (Å²) >= 11 is 0. The number of esters is 1. The second-order valence-electron chi connectivity index (χ2n) is 6.71. The Balaban J connectivity index is 1.39. The first-order valence-corrected chi connectivity index (χ1v) is 9.49. The summed E-state index contributed by atoms with van der Waals surface area (Å²) in [6, 6.07) is 20.6. The second kappa shape index (κ2) is 8.53. The van der Waals surface area contributed by atoms with Crippen molar-refractivity contribution in [3.63, 3.8) is 0 Å². The van der Waals surface area contributed by atoms with E-state index in [-0.39, 0.29) is 0 Å². The molecule has 0 aliphatic heterocycles. The topological polar surface area (TPSA) is 81.2 Å². The number of nitrogens with one attached hydrogen (secondary N) is 1. The van der Waals surface area contributed by atoms with E-state index in [4.69, 9.17) is 4.74 Å². The predicted molar refractivity (Wildman–Crippen MR) is 117 cm³/mol. The van der Waals surface area contributed by atoms with Crippen LogP contribution in [0, 0.1) is 0 Å². The molecule has 0 saturated heterocycles. The average Bonchev–Trinajstić information content (AvgIpc) is 2.77. The minimum absolute atomic E-state index is 0.420. The van der Waals surface area contributed by atoms with Crippen LogP contribution in [0.1, 0.15) is 12.6 Å². The molecule has 1 atom stereocenters. The van der Waals surface area contributed by atoms with Gasteiger partial charge in [-0.3, -0.25) is 9.78 Å². The maximum absolute atomic E-state index is 12.5. The molecule has 1 unspecified atom stereocenters. The lowest BCUT2D eigenvalue weighted by molar-refractivity contribution is -0.148. The lowest BCUT2D eigenvalue weighted by atomic mass is 10.2. The van der Waals surface area contributed by atoms with Gasteiger partial charge in [-0.15, -0.1) is 0 Å². The molecule has 0 aliphatic rings. The first-order valence-electron chi connectivity index (χ1n) is 9.49.